The van der Waals surface area contributed by atoms with E-state index in [4.69, 9.17) is 11.6 Å². The molecule has 3 rings (SSSR count). The number of nitrogens with zero attached hydrogens (tertiary/aromatic N) is 3. The van der Waals surface area contributed by atoms with Gasteiger partial charge in [0.1, 0.15) is 5.82 Å². The molecule has 0 saturated carbocycles. The second kappa shape index (κ2) is 7.53. The van der Waals surface area contributed by atoms with Gasteiger partial charge in [-0.2, -0.15) is 0 Å². The van der Waals surface area contributed by atoms with E-state index < -0.39 is 0 Å². The van der Waals surface area contributed by atoms with Crippen molar-refractivity contribution in [2.75, 3.05) is 31.5 Å². The molecule has 1 saturated heterocycles. The molecule has 1 aromatic heterocycles. The zero-order valence-corrected chi connectivity index (χ0v) is 14.7. The lowest BCUT2D eigenvalue weighted by atomic mass is 10.2. The number of aromatic nitrogens is 1. The van der Waals surface area contributed by atoms with Crippen LogP contribution in [-0.4, -0.2) is 52.8 Å². The van der Waals surface area contributed by atoms with Crippen LogP contribution in [0.25, 0.3) is 0 Å². The lowest BCUT2D eigenvalue weighted by Crippen LogP contribution is -2.50. The number of carbonyl (C=O) groups is 2. The second-order valence-electron chi connectivity index (χ2n) is 5.83. The molecule has 0 bridgehead atoms. The minimum atomic E-state index is -0.0622. The summed E-state index contributed by atoms with van der Waals surface area (Å²) in [6.45, 7) is 3.75. The summed E-state index contributed by atoms with van der Waals surface area (Å²) in [5.41, 5.74) is 1.29. The van der Waals surface area contributed by atoms with Crippen LogP contribution in [0.15, 0.2) is 42.6 Å². The summed E-state index contributed by atoms with van der Waals surface area (Å²) < 4.78 is 0. The van der Waals surface area contributed by atoms with E-state index in [2.05, 4.69) is 10.3 Å². The van der Waals surface area contributed by atoms with Gasteiger partial charge in [0.05, 0.1) is 10.7 Å². The second-order valence-corrected chi connectivity index (χ2v) is 6.24. The summed E-state index contributed by atoms with van der Waals surface area (Å²) in [6, 6.07) is 10.8. The number of halogens is 1. The Morgan fingerprint density at radius 2 is 1.76 bits per heavy atom. The summed E-state index contributed by atoms with van der Waals surface area (Å²) in [4.78, 5) is 31.8. The number of nitrogens with one attached hydrogen (secondary N) is 1. The minimum absolute atomic E-state index is 0.0437. The summed E-state index contributed by atoms with van der Waals surface area (Å²) in [5.74, 6) is 0.538. The maximum atomic E-state index is 12.7. The molecule has 0 spiro atoms. The van der Waals surface area contributed by atoms with Gasteiger partial charge in [0.25, 0.3) is 5.91 Å². The third-order valence-corrected chi connectivity index (χ3v) is 4.49. The summed E-state index contributed by atoms with van der Waals surface area (Å²) >= 11 is 6.14. The van der Waals surface area contributed by atoms with Crippen molar-refractivity contribution < 1.29 is 9.59 Å². The van der Waals surface area contributed by atoms with E-state index in [9.17, 15) is 9.59 Å². The maximum absolute atomic E-state index is 12.7. The standard InChI is InChI=1S/C18H19ClN4O2/c1-13(24)22-8-10-23(11-9-22)18(25)14-6-7-20-17(12-14)21-16-5-3-2-4-15(16)19/h2-7,12H,8-11H2,1H3,(H,20,21). The number of carbonyl (C=O) groups excluding carboxylic acids is 2. The molecular formula is C18H19ClN4O2. The number of anilines is 2. The van der Waals surface area contributed by atoms with Crippen molar-refractivity contribution in [2.24, 2.45) is 0 Å². The minimum Gasteiger partial charge on any atom is -0.339 e. The molecule has 1 N–H and O–H groups in total. The molecule has 1 fully saturated rings. The van der Waals surface area contributed by atoms with Gasteiger partial charge in [0.2, 0.25) is 5.91 Å². The van der Waals surface area contributed by atoms with Crippen molar-refractivity contribution in [2.45, 2.75) is 6.92 Å². The largest absolute Gasteiger partial charge is 0.339 e. The fraction of sp³-hybridized carbons (Fsp3) is 0.278. The van der Waals surface area contributed by atoms with Gasteiger partial charge in [0, 0.05) is 44.9 Å². The Labute approximate surface area is 151 Å². The van der Waals surface area contributed by atoms with Gasteiger partial charge in [0.15, 0.2) is 0 Å². The highest BCUT2D eigenvalue weighted by Gasteiger charge is 2.23. The van der Waals surface area contributed by atoms with Gasteiger partial charge in [-0.3, -0.25) is 9.59 Å². The number of para-hydroxylation sites is 1. The first-order valence-electron chi connectivity index (χ1n) is 8.07. The molecule has 0 atom stereocenters. The van der Waals surface area contributed by atoms with E-state index in [1.807, 2.05) is 18.2 Å². The van der Waals surface area contributed by atoms with Crippen molar-refractivity contribution in [3.05, 3.63) is 53.2 Å². The molecule has 2 aromatic rings. The van der Waals surface area contributed by atoms with Crippen molar-refractivity contribution in [1.82, 2.24) is 14.8 Å². The van der Waals surface area contributed by atoms with Crippen LogP contribution < -0.4 is 5.32 Å². The number of pyridine rings is 1. The Hall–Kier alpha value is -2.60. The fourth-order valence-electron chi connectivity index (χ4n) is 2.74. The molecule has 0 aliphatic carbocycles. The van der Waals surface area contributed by atoms with E-state index in [-0.39, 0.29) is 11.8 Å². The molecule has 1 aliphatic heterocycles. The zero-order valence-electron chi connectivity index (χ0n) is 13.9. The third kappa shape index (κ3) is 4.09. The maximum Gasteiger partial charge on any atom is 0.254 e. The highest BCUT2D eigenvalue weighted by molar-refractivity contribution is 6.33. The van der Waals surface area contributed by atoms with Crippen molar-refractivity contribution in [3.63, 3.8) is 0 Å². The van der Waals surface area contributed by atoms with E-state index in [1.165, 1.54) is 0 Å². The van der Waals surface area contributed by atoms with Gasteiger partial charge < -0.3 is 15.1 Å². The monoisotopic (exact) mass is 358 g/mol. The van der Waals surface area contributed by atoms with Gasteiger partial charge in [-0.05, 0) is 24.3 Å². The summed E-state index contributed by atoms with van der Waals surface area (Å²) in [5, 5.41) is 3.71. The molecular weight excluding hydrogens is 340 g/mol. The highest BCUT2D eigenvalue weighted by atomic mass is 35.5. The first-order chi connectivity index (χ1) is 12.0. The van der Waals surface area contributed by atoms with E-state index in [1.54, 1.807) is 41.1 Å². The predicted molar refractivity (Wildman–Crippen MR) is 97.1 cm³/mol. The van der Waals surface area contributed by atoms with Gasteiger partial charge in [-0.15, -0.1) is 0 Å². The van der Waals surface area contributed by atoms with E-state index in [0.29, 0.717) is 42.6 Å². The molecule has 0 radical (unpaired) electrons. The van der Waals surface area contributed by atoms with Crippen LogP contribution in [0.4, 0.5) is 11.5 Å². The van der Waals surface area contributed by atoms with Crippen molar-refractivity contribution >= 4 is 34.9 Å². The molecule has 6 nitrogen and oxygen atoms in total. The SMILES string of the molecule is CC(=O)N1CCN(C(=O)c2ccnc(Nc3ccccc3Cl)c2)CC1. The number of hydrogen-bond acceptors (Lipinski definition) is 4. The average molecular weight is 359 g/mol. The van der Waals surface area contributed by atoms with E-state index in [0.717, 1.165) is 5.69 Å². The number of benzene rings is 1. The summed E-state index contributed by atoms with van der Waals surface area (Å²) in [7, 11) is 0. The van der Waals surface area contributed by atoms with Gasteiger partial charge in [-0.1, -0.05) is 23.7 Å². The van der Waals surface area contributed by atoms with Crippen LogP contribution in [-0.2, 0) is 4.79 Å². The Morgan fingerprint density at radius 3 is 2.44 bits per heavy atom. The van der Waals surface area contributed by atoms with Gasteiger partial charge in [-0.25, -0.2) is 4.98 Å². The average Bonchev–Trinajstić information content (AvgIpc) is 2.63. The number of piperazine rings is 1. The Kier molecular flexibility index (Phi) is 5.19. The van der Waals surface area contributed by atoms with Crippen LogP contribution in [0.2, 0.25) is 5.02 Å². The first kappa shape index (κ1) is 17.2. The van der Waals surface area contributed by atoms with E-state index >= 15 is 0 Å². The van der Waals surface area contributed by atoms with Crippen LogP contribution in [0.1, 0.15) is 17.3 Å². The molecule has 7 heteroatoms. The Bertz CT molecular complexity index is 788. The smallest absolute Gasteiger partial charge is 0.254 e. The van der Waals surface area contributed by atoms with Crippen molar-refractivity contribution in [3.8, 4) is 0 Å². The fourth-order valence-corrected chi connectivity index (χ4v) is 2.92. The molecule has 130 valence electrons. The highest BCUT2D eigenvalue weighted by Crippen LogP contribution is 2.24. The molecule has 1 aromatic carbocycles. The normalized spacial score (nSPS) is 14.3. The third-order valence-electron chi connectivity index (χ3n) is 4.16. The first-order valence-corrected chi connectivity index (χ1v) is 8.45. The zero-order chi connectivity index (χ0) is 17.8. The molecule has 0 unspecified atom stereocenters. The van der Waals surface area contributed by atoms with Crippen LogP contribution >= 0.6 is 11.6 Å². The lowest BCUT2D eigenvalue weighted by molar-refractivity contribution is -0.130. The van der Waals surface area contributed by atoms with Crippen LogP contribution in [0, 0.1) is 0 Å². The number of amides is 2. The van der Waals surface area contributed by atoms with Crippen LogP contribution in [0.3, 0.4) is 0 Å². The van der Waals surface area contributed by atoms with Crippen LogP contribution in [0.5, 0.6) is 0 Å². The van der Waals surface area contributed by atoms with Gasteiger partial charge >= 0.3 is 0 Å². The number of hydrogen-bond donors (Lipinski definition) is 1. The quantitative estimate of drug-likeness (QED) is 0.916. The lowest BCUT2D eigenvalue weighted by Gasteiger charge is -2.34. The topological polar surface area (TPSA) is 65.5 Å². The Morgan fingerprint density at radius 1 is 1.08 bits per heavy atom. The van der Waals surface area contributed by atoms with Crippen molar-refractivity contribution in [1.29, 1.82) is 0 Å². The number of rotatable bonds is 3. The Balaban J connectivity index is 1.70. The molecule has 2 heterocycles. The molecule has 25 heavy (non-hydrogen) atoms. The molecule has 2 amide bonds. The predicted octanol–water partition coefficient (Wildman–Crippen LogP) is 2.78. The molecule has 1 aliphatic rings. The summed E-state index contributed by atoms with van der Waals surface area (Å²) in [6.07, 6.45) is 1.60.